The van der Waals surface area contributed by atoms with Crippen molar-refractivity contribution in [1.29, 1.82) is 0 Å². The van der Waals surface area contributed by atoms with Gasteiger partial charge in [-0.05, 0) is 31.2 Å². The molecular weight excluding hydrogens is 264 g/mol. The van der Waals surface area contributed by atoms with Gasteiger partial charge in [-0.1, -0.05) is 0 Å². The molecule has 2 aromatic rings. The monoisotopic (exact) mass is 281 g/mol. The Morgan fingerprint density at radius 2 is 1.80 bits per heavy atom. The van der Waals surface area contributed by atoms with Crippen LogP contribution in [0, 0.1) is 18.6 Å². The number of hydrogen-bond acceptors (Lipinski definition) is 2. The molecule has 0 aliphatic rings. The zero-order valence-corrected chi connectivity index (χ0v) is 11.7. The fourth-order valence-electron chi connectivity index (χ4n) is 2.19. The summed E-state index contributed by atoms with van der Waals surface area (Å²) in [7, 11) is 3.10. The zero-order valence-electron chi connectivity index (χ0n) is 11.7. The quantitative estimate of drug-likeness (QED) is 0.786. The van der Waals surface area contributed by atoms with E-state index in [1.54, 1.807) is 18.8 Å². The van der Waals surface area contributed by atoms with Crippen LogP contribution in [0.2, 0.25) is 0 Å². The van der Waals surface area contributed by atoms with Gasteiger partial charge in [0.2, 0.25) is 0 Å². The predicted octanol–water partition coefficient (Wildman–Crippen LogP) is 3.23. The minimum absolute atomic E-state index is 0.315. The van der Waals surface area contributed by atoms with E-state index in [0.29, 0.717) is 12.1 Å². The summed E-state index contributed by atoms with van der Waals surface area (Å²) in [5, 5.41) is 0. The van der Waals surface area contributed by atoms with Crippen LogP contribution in [0.5, 0.6) is 0 Å². The summed E-state index contributed by atoms with van der Waals surface area (Å²) < 4.78 is 39.0. The first-order valence-electron chi connectivity index (χ1n) is 6.25. The van der Waals surface area contributed by atoms with Gasteiger partial charge in [0, 0.05) is 38.1 Å². The van der Waals surface area contributed by atoms with Crippen LogP contribution in [0.1, 0.15) is 11.4 Å². The number of halogens is 2. The van der Waals surface area contributed by atoms with Crippen molar-refractivity contribution in [3.63, 3.8) is 0 Å². The topological polar surface area (TPSA) is 23.4 Å². The third-order valence-electron chi connectivity index (χ3n) is 3.21. The van der Waals surface area contributed by atoms with Crippen molar-refractivity contribution in [3.8, 4) is 5.69 Å². The van der Waals surface area contributed by atoms with Gasteiger partial charge in [0.25, 0.3) is 0 Å². The maximum absolute atomic E-state index is 14.0. The van der Waals surface area contributed by atoms with Crippen LogP contribution < -0.4 is 0 Å². The van der Waals surface area contributed by atoms with Crippen LogP contribution in [0.15, 0.2) is 30.3 Å². The summed E-state index contributed by atoms with van der Waals surface area (Å²) in [6.45, 7) is 1.86. The third kappa shape index (κ3) is 2.89. The smallest absolute Gasteiger partial charge is 0.162 e. The lowest BCUT2D eigenvalue weighted by Crippen LogP contribution is -2.18. The van der Waals surface area contributed by atoms with Crippen LogP contribution in [-0.4, -0.2) is 25.1 Å². The largest absolute Gasteiger partial charge is 0.356 e. The molecule has 0 aliphatic carbocycles. The van der Waals surface area contributed by atoms with Gasteiger partial charge in [-0.2, -0.15) is 0 Å². The Morgan fingerprint density at radius 3 is 2.40 bits per heavy atom. The molecule has 0 saturated carbocycles. The number of rotatable bonds is 5. The zero-order chi connectivity index (χ0) is 14.7. The van der Waals surface area contributed by atoms with E-state index < -0.39 is 17.9 Å². The molecule has 0 N–H and O–H groups in total. The highest BCUT2D eigenvalue weighted by atomic mass is 19.1. The molecule has 0 fully saturated rings. The van der Waals surface area contributed by atoms with E-state index in [-0.39, 0.29) is 0 Å². The molecule has 108 valence electrons. The van der Waals surface area contributed by atoms with E-state index in [4.69, 9.17) is 9.47 Å². The van der Waals surface area contributed by atoms with Crippen molar-refractivity contribution < 1.29 is 18.3 Å². The molecule has 0 unspecified atom stereocenters. The molecule has 0 atom stereocenters. The van der Waals surface area contributed by atoms with Crippen LogP contribution >= 0.6 is 0 Å². The minimum atomic E-state index is -0.600. The van der Waals surface area contributed by atoms with E-state index in [1.807, 2.05) is 19.1 Å². The second-order valence-electron chi connectivity index (χ2n) is 4.50. The number of benzene rings is 1. The molecule has 20 heavy (non-hydrogen) atoms. The first-order valence-corrected chi connectivity index (χ1v) is 6.25. The summed E-state index contributed by atoms with van der Waals surface area (Å²) in [4.78, 5) is 0. The number of nitrogens with zero attached hydrogens (tertiary/aromatic N) is 1. The van der Waals surface area contributed by atoms with Crippen LogP contribution in [0.25, 0.3) is 5.69 Å². The van der Waals surface area contributed by atoms with Crippen molar-refractivity contribution in [1.82, 2.24) is 4.57 Å². The Kier molecular flexibility index (Phi) is 4.52. The van der Waals surface area contributed by atoms with E-state index in [2.05, 4.69) is 0 Å². The highest BCUT2D eigenvalue weighted by molar-refractivity contribution is 5.39. The maximum Gasteiger partial charge on any atom is 0.162 e. The molecule has 0 bridgehead atoms. The van der Waals surface area contributed by atoms with Crippen molar-refractivity contribution in [3.05, 3.63) is 53.4 Å². The molecule has 1 heterocycles. The molecule has 0 spiro atoms. The SMILES string of the molecule is COC(Cc1ccc(C)n1-c1ccc(F)cc1F)OC. The van der Waals surface area contributed by atoms with E-state index in [1.165, 1.54) is 12.1 Å². The standard InChI is InChI=1S/C15H17F2NO2/c1-10-4-6-12(9-15(19-2)20-3)18(10)14-7-5-11(16)8-13(14)17/h4-8,15H,9H2,1-3H3. The average molecular weight is 281 g/mol. The van der Waals surface area contributed by atoms with Crippen LogP contribution in [0.4, 0.5) is 8.78 Å². The first kappa shape index (κ1) is 14.7. The van der Waals surface area contributed by atoms with Gasteiger partial charge >= 0.3 is 0 Å². The second kappa shape index (κ2) is 6.15. The summed E-state index contributed by atoms with van der Waals surface area (Å²) in [5.74, 6) is -1.19. The van der Waals surface area contributed by atoms with Crippen molar-refractivity contribution in [2.75, 3.05) is 14.2 Å². The number of ether oxygens (including phenoxy) is 2. The van der Waals surface area contributed by atoms with E-state index in [0.717, 1.165) is 17.5 Å². The van der Waals surface area contributed by atoms with Gasteiger partial charge in [0.15, 0.2) is 6.29 Å². The van der Waals surface area contributed by atoms with E-state index >= 15 is 0 Å². The molecular formula is C15H17F2NO2. The molecule has 5 heteroatoms. The Bertz CT molecular complexity index is 592. The summed E-state index contributed by atoms with van der Waals surface area (Å²) in [5.41, 5.74) is 2.01. The highest BCUT2D eigenvalue weighted by Crippen LogP contribution is 2.22. The molecule has 1 aromatic heterocycles. The van der Waals surface area contributed by atoms with Crippen molar-refractivity contribution in [2.45, 2.75) is 19.6 Å². The second-order valence-corrected chi connectivity index (χ2v) is 4.50. The summed E-state index contributed by atoms with van der Waals surface area (Å²) >= 11 is 0. The molecule has 2 rings (SSSR count). The van der Waals surface area contributed by atoms with Crippen LogP contribution in [0.3, 0.4) is 0 Å². The third-order valence-corrected chi connectivity index (χ3v) is 3.21. The maximum atomic E-state index is 14.0. The van der Waals surface area contributed by atoms with Gasteiger partial charge in [-0.3, -0.25) is 0 Å². The summed E-state index contributed by atoms with van der Waals surface area (Å²) in [6.07, 6.45) is 0.0593. The predicted molar refractivity (Wildman–Crippen MR) is 71.9 cm³/mol. The summed E-state index contributed by atoms with van der Waals surface area (Å²) in [6, 6.07) is 7.30. The number of hydrogen-bond donors (Lipinski definition) is 0. The average Bonchev–Trinajstić information content (AvgIpc) is 2.77. The molecule has 0 amide bonds. The molecule has 0 aliphatic heterocycles. The highest BCUT2D eigenvalue weighted by Gasteiger charge is 2.15. The van der Waals surface area contributed by atoms with E-state index in [9.17, 15) is 8.78 Å². The Morgan fingerprint density at radius 1 is 1.10 bits per heavy atom. The molecule has 1 aromatic carbocycles. The first-order chi connectivity index (χ1) is 9.56. The minimum Gasteiger partial charge on any atom is -0.356 e. The van der Waals surface area contributed by atoms with Crippen molar-refractivity contribution >= 4 is 0 Å². The van der Waals surface area contributed by atoms with Gasteiger partial charge in [-0.15, -0.1) is 0 Å². The Balaban J connectivity index is 2.43. The Labute approximate surface area is 116 Å². The fourth-order valence-corrected chi connectivity index (χ4v) is 2.19. The number of aryl methyl sites for hydroxylation is 1. The normalized spacial score (nSPS) is 11.3. The number of methoxy groups -OCH3 is 2. The molecule has 3 nitrogen and oxygen atoms in total. The Hall–Kier alpha value is -1.72. The lowest BCUT2D eigenvalue weighted by molar-refractivity contribution is -0.101. The van der Waals surface area contributed by atoms with Gasteiger partial charge in [-0.25, -0.2) is 8.78 Å². The lowest BCUT2D eigenvalue weighted by atomic mass is 10.2. The van der Waals surface area contributed by atoms with Gasteiger partial charge in [0.1, 0.15) is 11.6 Å². The van der Waals surface area contributed by atoms with Gasteiger partial charge in [0.05, 0.1) is 5.69 Å². The number of aromatic nitrogens is 1. The van der Waals surface area contributed by atoms with Crippen molar-refractivity contribution in [2.24, 2.45) is 0 Å². The van der Waals surface area contributed by atoms with Gasteiger partial charge < -0.3 is 14.0 Å². The fraction of sp³-hybridized carbons (Fsp3) is 0.333. The molecule has 0 saturated heterocycles. The lowest BCUT2D eigenvalue weighted by Gasteiger charge is -2.17. The van der Waals surface area contributed by atoms with Crippen LogP contribution in [-0.2, 0) is 15.9 Å². The molecule has 0 radical (unpaired) electrons.